The van der Waals surface area contributed by atoms with Gasteiger partial charge in [0.15, 0.2) is 0 Å². The largest absolute Gasteiger partial charge is 0.762 e. The van der Waals surface area contributed by atoms with E-state index in [9.17, 15) is 0 Å². The molecule has 0 spiro atoms. The molecule has 0 bridgehead atoms. The third kappa shape index (κ3) is 2.40. The maximum atomic E-state index is 8.92. The van der Waals surface area contributed by atoms with Crippen LogP contribution in [-0.2, 0) is 0 Å². The fourth-order valence-electron chi connectivity index (χ4n) is 1.65. The van der Waals surface area contributed by atoms with Crippen molar-refractivity contribution < 1.29 is 5.26 Å². The van der Waals surface area contributed by atoms with Crippen LogP contribution in [0.1, 0.15) is 11.3 Å². The highest BCUT2D eigenvalue weighted by molar-refractivity contribution is 5.98. The van der Waals surface area contributed by atoms with Gasteiger partial charge in [0.25, 0.3) is 0 Å². The highest BCUT2D eigenvalue weighted by Crippen LogP contribution is 2.21. The highest BCUT2D eigenvalue weighted by Gasteiger charge is 2.12. The van der Waals surface area contributed by atoms with Crippen LogP contribution in [0.5, 0.6) is 0 Å². The molecule has 0 amide bonds. The summed E-state index contributed by atoms with van der Waals surface area (Å²) < 4.78 is 0. The van der Waals surface area contributed by atoms with Crippen LogP contribution in [0.15, 0.2) is 42.5 Å². The minimum atomic E-state index is -0.118. The van der Waals surface area contributed by atoms with Crippen molar-refractivity contribution >= 4 is 11.4 Å². The monoisotopic (exact) mass is 244 g/mol. The van der Waals surface area contributed by atoms with E-state index in [0.717, 1.165) is 5.56 Å². The minimum absolute atomic E-state index is 0.118. The maximum absolute atomic E-state index is 8.92. The summed E-state index contributed by atoms with van der Waals surface area (Å²) in [5.74, 6) is 1.79. The number of nitriles is 1. The van der Waals surface area contributed by atoms with E-state index in [1.54, 1.807) is 24.1 Å². The Hall–Kier alpha value is -3.20. The van der Waals surface area contributed by atoms with Gasteiger partial charge in [-0.05, 0) is 12.1 Å². The summed E-state index contributed by atoms with van der Waals surface area (Å²) in [5.41, 5.74) is 1.94. The summed E-state index contributed by atoms with van der Waals surface area (Å²) in [5, 5.41) is 25.0. The zero-order valence-corrected chi connectivity index (χ0v) is 9.88. The maximum Gasteiger partial charge on any atom is 0.310 e. The molecule has 0 aliphatic carbocycles. The lowest BCUT2D eigenvalue weighted by atomic mass is 10.1. The molecular formula is C15H8N4. The van der Waals surface area contributed by atoms with Crippen molar-refractivity contribution in [3.8, 4) is 23.4 Å². The molecule has 2 rings (SSSR count). The number of nitrogens with zero attached hydrogens (tertiary/aromatic N) is 3. The van der Waals surface area contributed by atoms with Crippen molar-refractivity contribution in [1.29, 1.82) is 5.26 Å². The molecule has 4 heteroatoms. The van der Waals surface area contributed by atoms with Gasteiger partial charge in [-0.25, -0.2) is 10.9 Å². The highest BCUT2D eigenvalue weighted by atomic mass is 14.7. The third-order valence-electron chi connectivity index (χ3n) is 2.56. The molecule has 0 saturated heterocycles. The van der Waals surface area contributed by atoms with E-state index in [1.165, 1.54) is 0 Å². The van der Waals surface area contributed by atoms with E-state index in [0.29, 0.717) is 11.3 Å². The Labute approximate surface area is 110 Å². The Kier molecular flexibility index (Phi) is 3.50. The molecule has 0 aliphatic heterocycles. The smallest absolute Gasteiger partial charge is 0.310 e. The van der Waals surface area contributed by atoms with Crippen LogP contribution >= 0.6 is 0 Å². The van der Waals surface area contributed by atoms with E-state index in [-0.39, 0.29) is 11.3 Å². The number of nitrogens with one attached hydrogen (secondary N) is 1. The van der Waals surface area contributed by atoms with Gasteiger partial charge in [0.1, 0.15) is 17.3 Å². The molecule has 1 aromatic heterocycles. The number of pyridine rings is 1. The molecular weight excluding hydrogens is 236 g/mol. The number of aromatic nitrogens is 1. The zero-order valence-electron chi connectivity index (χ0n) is 9.88. The van der Waals surface area contributed by atoms with Gasteiger partial charge < -0.3 is 5.41 Å². The van der Waals surface area contributed by atoms with Crippen molar-refractivity contribution in [1.82, 2.24) is 4.98 Å². The molecule has 0 atom stereocenters. The van der Waals surface area contributed by atoms with Crippen LogP contribution in [0, 0.1) is 17.4 Å². The molecule has 1 N–H and O–H groups in total. The number of allylic oxidation sites excluding steroid dienone is 1. The van der Waals surface area contributed by atoms with E-state index in [1.807, 2.05) is 30.3 Å². The van der Waals surface area contributed by atoms with Gasteiger partial charge in [-0.1, -0.05) is 35.6 Å². The fraction of sp³-hybridized carbons (Fsp3) is 0. The molecule has 1 heterocycles. The first kappa shape index (κ1) is 12.3. The summed E-state index contributed by atoms with van der Waals surface area (Å²) in [7, 11) is 0. The van der Waals surface area contributed by atoms with Crippen LogP contribution in [0.3, 0.4) is 0 Å². The summed E-state index contributed by atoms with van der Waals surface area (Å²) in [4.78, 5) is 4.29. The van der Waals surface area contributed by atoms with Gasteiger partial charge in [-0.3, -0.25) is 0 Å². The minimum Gasteiger partial charge on any atom is -0.762 e. The fourth-order valence-corrected chi connectivity index (χ4v) is 1.65. The summed E-state index contributed by atoms with van der Waals surface area (Å²) in [6.07, 6.45) is 0. The van der Waals surface area contributed by atoms with Gasteiger partial charge >= 0.3 is 6.07 Å². The van der Waals surface area contributed by atoms with Crippen molar-refractivity contribution in [3.05, 3.63) is 59.1 Å². The lowest BCUT2D eigenvalue weighted by molar-refractivity contribution is -0.0909. The lowest BCUT2D eigenvalue weighted by Crippen LogP contribution is -2.18. The predicted molar refractivity (Wildman–Crippen MR) is 71.0 cm³/mol. The number of hydrogen-bond donors (Lipinski definition) is 1. The van der Waals surface area contributed by atoms with Crippen LogP contribution < -0.4 is 5.26 Å². The number of rotatable bonds is 2. The number of benzene rings is 1. The van der Waals surface area contributed by atoms with Gasteiger partial charge in [-0.2, -0.15) is 5.26 Å². The topological polar surface area (TPSA) is 82.8 Å². The first-order valence-electron chi connectivity index (χ1n) is 5.47. The molecule has 0 aliphatic rings. The summed E-state index contributed by atoms with van der Waals surface area (Å²) >= 11 is 0. The standard InChI is InChI=1S/C15H7N4/c16-8-12-6-7-14(11-4-2-1-3-5-11)19-15(12)13(9-17)10-18/h1-7H/q-1/p+1. The molecule has 0 fully saturated rings. The zero-order chi connectivity index (χ0) is 13.7. The van der Waals surface area contributed by atoms with E-state index in [2.05, 4.69) is 11.1 Å². The number of hydrogen-bond acceptors (Lipinski definition) is 2. The Morgan fingerprint density at radius 1 is 1.16 bits per heavy atom. The molecule has 0 radical (unpaired) electrons. The Morgan fingerprint density at radius 3 is 2.47 bits per heavy atom. The van der Waals surface area contributed by atoms with E-state index < -0.39 is 0 Å². The van der Waals surface area contributed by atoms with Gasteiger partial charge in [0.2, 0.25) is 0 Å². The Morgan fingerprint density at radius 2 is 1.89 bits per heavy atom. The van der Waals surface area contributed by atoms with Crippen molar-refractivity contribution in [3.63, 3.8) is 0 Å². The van der Waals surface area contributed by atoms with E-state index in [4.69, 9.17) is 15.9 Å². The predicted octanol–water partition coefficient (Wildman–Crippen LogP) is 1.02. The van der Waals surface area contributed by atoms with Crippen LogP contribution in [0.2, 0.25) is 0 Å². The normalized spacial score (nSPS) is 8.95. The van der Waals surface area contributed by atoms with Crippen molar-refractivity contribution in [2.45, 2.75) is 0 Å². The summed E-state index contributed by atoms with van der Waals surface area (Å²) in [6, 6.07) is 16.8. The first-order valence-corrected chi connectivity index (χ1v) is 5.47. The molecule has 88 valence electrons. The molecule has 2 aromatic rings. The Bertz CT molecular complexity index is 742. The molecule has 1 aromatic carbocycles. The van der Waals surface area contributed by atoms with E-state index >= 15 is 0 Å². The average molecular weight is 244 g/mol. The molecule has 0 saturated carbocycles. The van der Waals surface area contributed by atoms with Gasteiger partial charge in [-0.15, -0.1) is 0 Å². The first-order chi connectivity index (χ1) is 9.30. The second-order valence-electron chi connectivity index (χ2n) is 3.68. The van der Waals surface area contributed by atoms with Crippen molar-refractivity contribution in [2.24, 2.45) is 0 Å². The second kappa shape index (κ2) is 5.42. The van der Waals surface area contributed by atoms with Gasteiger partial charge in [0, 0.05) is 5.56 Å². The third-order valence-corrected chi connectivity index (χ3v) is 2.56. The van der Waals surface area contributed by atoms with Crippen LogP contribution in [0.4, 0.5) is 0 Å². The lowest BCUT2D eigenvalue weighted by Gasteiger charge is -2.04. The second-order valence-corrected chi connectivity index (χ2v) is 3.68. The average Bonchev–Trinajstić information content (AvgIpc) is 2.49. The van der Waals surface area contributed by atoms with Crippen molar-refractivity contribution in [2.75, 3.05) is 0 Å². The SMILES string of the molecule is N#CC(=C=[N-])c1nc(-c2ccccc2)ccc1C#[NH+]. The van der Waals surface area contributed by atoms with Crippen LogP contribution in [0.25, 0.3) is 22.2 Å². The van der Waals surface area contributed by atoms with Gasteiger partial charge in [0.05, 0.1) is 11.3 Å². The summed E-state index contributed by atoms with van der Waals surface area (Å²) in [6.45, 7) is 0. The van der Waals surface area contributed by atoms with Crippen LogP contribution in [-0.4, -0.2) is 10.9 Å². The Balaban J connectivity index is 2.65. The quantitative estimate of drug-likeness (QED) is 0.631. The molecule has 0 unspecified atom stereocenters. The molecule has 19 heavy (non-hydrogen) atoms. The molecule has 4 nitrogen and oxygen atoms in total.